The Morgan fingerprint density at radius 2 is 2.06 bits per heavy atom. The molecule has 90 valence electrons. The van der Waals surface area contributed by atoms with E-state index >= 15 is 0 Å². The first kappa shape index (κ1) is 11.8. The number of aryl methyl sites for hydroxylation is 1. The van der Waals surface area contributed by atoms with Gasteiger partial charge in [-0.2, -0.15) is 5.10 Å². The molecular formula is C13H15FN2O. The highest BCUT2D eigenvalue weighted by Crippen LogP contribution is 2.26. The van der Waals surface area contributed by atoms with E-state index in [4.69, 9.17) is 0 Å². The Morgan fingerprint density at radius 3 is 2.65 bits per heavy atom. The van der Waals surface area contributed by atoms with Gasteiger partial charge in [0.2, 0.25) is 0 Å². The smallest absolute Gasteiger partial charge is 0.129 e. The van der Waals surface area contributed by atoms with E-state index in [1.165, 1.54) is 6.07 Å². The van der Waals surface area contributed by atoms with Gasteiger partial charge < -0.3 is 5.11 Å². The highest BCUT2D eigenvalue weighted by molar-refractivity contribution is 5.25. The first-order chi connectivity index (χ1) is 7.99. The Morgan fingerprint density at radius 1 is 1.35 bits per heavy atom. The van der Waals surface area contributed by atoms with Gasteiger partial charge in [-0.1, -0.05) is 18.2 Å². The maximum Gasteiger partial charge on any atom is 0.129 e. The van der Waals surface area contributed by atoms with Crippen LogP contribution in [0.4, 0.5) is 4.39 Å². The van der Waals surface area contributed by atoms with Crippen LogP contribution in [-0.4, -0.2) is 14.9 Å². The molecule has 1 heterocycles. The molecule has 0 radical (unpaired) electrons. The van der Waals surface area contributed by atoms with Crippen molar-refractivity contribution in [2.45, 2.75) is 18.9 Å². The van der Waals surface area contributed by atoms with E-state index in [1.54, 1.807) is 43.0 Å². The largest absolute Gasteiger partial charge is 0.385 e. The van der Waals surface area contributed by atoms with Gasteiger partial charge in [0.25, 0.3) is 0 Å². The van der Waals surface area contributed by atoms with E-state index in [2.05, 4.69) is 5.10 Å². The molecule has 0 aliphatic carbocycles. The van der Waals surface area contributed by atoms with Crippen molar-refractivity contribution >= 4 is 0 Å². The van der Waals surface area contributed by atoms with Gasteiger partial charge in [-0.15, -0.1) is 0 Å². The lowest BCUT2D eigenvalue weighted by atomic mass is 9.91. The molecule has 0 aliphatic rings. The SMILES string of the molecule is Cn1ccc(CC(C)(O)c2ccccc2F)n1. The van der Waals surface area contributed by atoms with Crippen LogP contribution in [0.5, 0.6) is 0 Å². The number of benzene rings is 1. The van der Waals surface area contributed by atoms with E-state index in [-0.39, 0.29) is 6.42 Å². The second-order valence-electron chi connectivity index (χ2n) is 4.41. The summed E-state index contributed by atoms with van der Waals surface area (Å²) in [4.78, 5) is 0. The summed E-state index contributed by atoms with van der Waals surface area (Å²) in [6.07, 6.45) is 2.08. The van der Waals surface area contributed by atoms with E-state index in [1.807, 2.05) is 6.07 Å². The minimum Gasteiger partial charge on any atom is -0.385 e. The summed E-state index contributed by atoms with van der Waals surface area (Å²) in [6.45, 7) is 1.60. The standard InChI is InChI=1S/C13H15FN2O/c1-13(17,9-10-7-8-16(2)15-10)11-5-3-4-6-12(11)14/h3-8,17H,9H2,1-2H3. The molecule has 1 aromatic heterocycles. The second kappa shape index (κ2) is 4.30. The molecule has 1 unspecified atom stereocenters. The molecule has 2 aromatic rings. The molecule has 0 bridgehead atoms. The predicted octanol–water partition coefficient (Wildman–Crippen LogP) is 2.01. The zero-order valence-electron chi connectivity index (χ0n) is 9.89. The lowest BCUT2D eigenvalue weighted by molar-refractivity contribution is 0.0527. The maximum absolute atomic E-state index is 13.6. The van der Waals surface area contributed by atoms with Gasteiger partial charge in [0.15, 0.2) is 0 Å². The average Bonchev–Trinajstić information content (AvgIpc) is 2.63. The van der Waals surface area contributed by atoms with Gasteiger partial charge in [0, 0.05) is 25.2 Å². The van der Waals surface area contributed by atoms with Crippen LogP contribution < -0.4 is 0 Å². The van der Waals surface area contributed by atoms with E-state index < -0.39 is 11.4 Å². The number of aromatic nitrogens is 2. The van der Waals surface area contributed by atoms with Crippen LogP contribution in [0.15, 0.2) is 36.5 Å². The lowest BCUT2D eigenvalue weighted by Crippen LogP contribution is -2.26. The Bertz CT molecular complexity index is 520. The number of aliphatic hydroxyl groups is 1. The third-order valence-corrected chi connectivity index (χ3v) is 2.75. The van der Waals surface area contributed by atoms with Crippen molar-refractivity contribution in [3.8, 4) is 0 Å². The molecule has 0 aliphatic heterocycles. The molecular weight excluding hydrogens is 219 g/mol. The fourth-order valence-corrected chi connectivity index (χ4v) is 1.90. The third-order valence-electron chi connectivity index (χ3n) is 2.75. The molecule has 1 aromatic carbocycles. The summed E-state index contributed by atoms with van der Waals surface area (Å²) in [5.74, 6) is -0.395. The van der Waals surface area contributed by atoms with Crippen molar-refractivity contribution in [2.24, 2.45) is 7.05 Å². The lowest BCUT2D eigenvalue weighted by Gasteiger charge is -2.23. The molecule has 3 nitrogen and oxygen atoms in total. The van der Waals surface area contributed by atoms with Crippen LogP contribution in [0.25, 0.3) is 0 Å². The van der Waals surface area contributed by atoms with Crippen molar-refractivity contribution < 1.29 is 9.50 Å². The molecule has 0 amide bonds. The summed E-state index contributed by atoms with van der Waals surface area (Å²) >= 11 is 0. The second-order valence-corrected chi connectivity index (χ2v) is 4.41. The summed E-state index contributed by atoms with van der Waals surface area (Å²) in [7, 11) is 1.81. The fourth-order valence-electron chi connectivity index (χ4n) is 1.90. The minimum absolute atomic E-state index is 0.286. The topological polar surface area (TPSA) is 38.0 Å². The quantitative estimate of drug-likeness (QED) is 0.882. The highest BCUT2D eigenvalue weighted by Gasteiger charge is 2.27. The first-order valence-electron chi connectivity index (χ1n) is 5.45. The molecule has 2 rings (SSSR count). The van der Waals surface area contributed by atoms with E-state index in [0.717, 1.165) is 5.69 Å². The number of hydrogen-bond donors (Lipinski definition) is 1. The zero-order valence-corrected chi connectivity index (χ0v) is 9.89. The molecule has 0 fully saturated rings. The zero-order chi connectivity index (χ0) is 12.5. The number of hydrogen-bond acceptors (Lipinski definition) is 2. The van der Waals surface area contributed by atoms with Gasteiger partial charge in [-0.25, -0.2) is 4.39 Å². The summed E-state index contributed by atoms with van der Waals surface area (Å²) in [5, 5.41) is 14.5. The van der Waals surface area contributed by atoms with Crippen molar-refractivity contribution in [1.82, 2.24) is 9.78 Å². The minimum atomic E-state index is -1.25. The summed E-state index contributed by atoms with van der Waals surface area (Å²) < 4.78 is 15.3. The molecule has 0 spiro atoms. The monoisotopic (exact) mass is 234 g/mol. The van der Waals surface area contributed by atoms with Crippen molar-refractivity contribution in [1.29, 1.82) is 0 Å². The van der Waals surface area contributed by atoms with Gasteiger partial charge in [-0.05, 0) is 19.1 Å². The predicted molar refractivity (Wildman–Crippen MR) is 62.9 cm³/mol. The Hall–Kier alpha value is -1.68. The highest BCUT2D eigenvalue weighted by atomic mass is 19.1. The van der Waals surface area contributed by atoms with Crippen LogP contribution in [-0.2, 0) is 19.1 Å². The van der Waals surface area contributed by atoms with Crippen molar-refractivity contribution in [3.05, 3.63) is 53.6 Å². The molecule has 4 heteroatoms. The van der Waals surface area contributed by atoms with Crippen molar-refractivity contribution in [3.63, 3.8) is 0 Å². The molecule has 0 saturated heterocycles. The molecule has 1 N–H and O–H groups in total. The summed E-state index contributed by atoms with van der Waals surface area (Å²) in [5.41, 5.74) is -0.217. The van der Waals surface area contributed by atoms with Gasteiger partial charge in [0.05, 0.1) is 11.3 Å². The Labute approximate surface area is 99.5 Å². The summed E-state index contributed by atoms with van der Waals surface area (Å²) in [6, 6.07) is 8.08. The normalized spacial score (nSPS) is 14.6. The number of rotatable bonds is 3. The van der Waals surface area contributed by atoms with Crippen LogP contribution >= 0.6 is 0 Å². The molecule has 0 saturated carbocycles. The van der Waals surface area contributed by atoms with Gasteiger partial charge >= 0.3 is 0 Å². The van der Waals surface area contributed by atoms with Crippen LogP contribution in [0.1, 0.15) is 18.2 Å². The Balaban J connectivity index is 2.27. The molecule has 1 atom stereocenters. The van der Waals surface area contributed by atoms with E-state index in [0.29, 0.717) is 5.56 Å². The van der Waals surface area contributed by atoms with Crippen molar-refractivity contribution in [2.75, 3.05) is 0 Å². The van der Waals surface area contributed by atoms with Crippen LogP contribution in [0, 0.1) is 5.82 Å². The van der Waals surface area contributed by atoms with Gasteiger partial charge in [0.1, 0.15) is 5.82 Å². The van der Waals surface area contributed by atoms with Gasteiger partial charge in [-0.3, -0.25) is 4.68 Å². The maximum atomic E-state index is 13.6. The fraction of sp³-hybridized carbons (Fsp3) is 0.308. The van der Waals surface area contributed by atoms with E-state index in [9.17, 15) is 9.50 Å². The van der Waals surface area contributed by atoms with Crippen LogP contribution in [0.2, 0.25) is 0 Å². The van der Waals surface area contributed by atoms with Crippen LogP contribution in [0.3, 0.4) is 0 Å². The molecule has 17 heavy (non-hydrogen) atoms. The number of halogens is 1. The Kier molecular flexibility index (Phi) is 2.98. The third kappa shape index (κ3) is 2.53. The number of nitrogens with zero attached hydrogens (tertiary/aromatic N) is 2. The average molecular weight is 234 g/mol. The first-order valence-corrected chi connectivity index (χ1v) is 5.45.